The minimum absolute atomic E-state index is 0.113. The van der Waals surface area contributed by atoms with Crippen LogP contribution in [0.2, 0.25) is 0 Å². The number of nitrogens with zero attached hydrogens (tertiary/aromatic N) is 1. The number of benzene rings is 3. The van der Waals surface area contributed by atoms with Crippen molar-refractivity contribution in [3.63, 3.8) is 0 Å². The first-order chi connectivity index (χ1) is 17.9. The highest BCUT2D eigenvalue weighted by molar-refractivity contribution is 6.02. The first kappa shape index (κ1) is 26.5. The molecule has 0 aromatic heterocycles. The molecule has 0 aliphatic carbocycles. The summed E-state index contributed by atoms with van der Waals surface area (Å²) in [4.78, 5) is 30.2. The molecule has 2 N–H and O–H groups in total. The van der Waals surface area contributed by atoms with Crippen molar-refractivity contribution in [3.8, 4) is 11.5 Å². The third-order valence-corrected chi connectivity index (χ3v) is 7.27. The van der Waals surface area contributed by atoms with Gasteiger partial charge < -0.3 is 20.1 Å². The van der Waals surface area contributed by atoms with E-state index >= 15 is 0 Å². The molecule has 194 valence electrons. The smallest absolute Gasteiger partial charge is 0.167 e. The largest absolute Gasteiger partial charge is 0.497 e. The number of nitrogens with two attached hydrogens (primary N) is 1. The Bertz CT molecular complexity index is 1210. The second kappa shape index (κ2) is 11.7. The van der Waals surface area contributed by atoms with E-state index in [4.69, 9.17) is 15.2 Å². The van der Waals surface area contributed by atoms with Crippen LogP contribution in [0.25, 0.3) is 0 Å². The van der Waals surface area contributed by atoms with Crippen LogP contribution in [-0.2, 0) is 0 Å². The molecule has 4 rings (SSSR count). The summed E-state index contributed by atoms with van der Waals surface area (Å²) in [6.45, 7) is 3.46. The summed E-state index contributed by atoms with van der Waals surface area (Å²) in [6.07, 6.45) is 0. The molecule has 0 radical (unpaired) electrons. The van der Waals surface area contributed by atoms with Crippen LogP contribution in [0.5, 0.6) is 11.5 Å². The topological polar surface area (TPSA) is 81.9 Å². The zero-order valence-corrected chi connectivity index (χ0v) is 21.4. The van der Waals surface area contributed by atoms with Crippen LogP contribution in [0.1, 0.15) is 37.8 Å². The van der Waals surface area contributed by atoms with Crippen molar-refractivity contribution in [2.45, 2.75) is 12.8 Å². The molecule has 37 heavy (non-hydrogen) atoms. The van der Waals surface area contributed by atoms with Crippen LogP contribution < -0.4 is 15.2 Å². The molecule has 0 amide bonds. The summed E-state index contributed by atoms with van der Waals surface area (Å²) >= 11 is 0. The minimum atomic E-state index is -0.590. The second-order valence-corrected chi connectivity index (χ2v) is 9.43. The maximum atomic E-state index is 14.8. The SMILES string of the molecule is COc1cccc(C(=O)[C@H]2CN(CCN)C[C@H](C(=O)c3cccc(OC)c3)C2c2cccc(F)c2C)c1. The highest BCUT2D eigenvalue weighted by Gasteiger charge is 2.45. The van der Waals surface area contributed by atoms with Gasteiger partial charge in [-0.1, -0.05) is 36.4 Å². The summed E-state index contributed by atoms with van der Waals surface area (Å²) in [5.41, 5.74) is 8.01. The maximum Gasteiger partial charge on any atom is 0.167 e. The number of Topliss-reactive ketones (excluding diaryl/α,β-unsaturated/α-hetero) is 2. The fourth-order valence-corrected chi connectivity index (χ4v) is 5.40. The summed E-state index contributed by atoms with van der Waals surface area (Å²) in [5, 5.41) is 0. The molecule has 3 aromatic carbocycles. The van der Waals surface area contributed by atoms with Crippen molar-refractivity contribution in [2.75, 3.05) is 40.4 Å². The predicted molar refractivity (Wildman–Crippen MR) is 141 cm³/mol. The van der Waals surface area contributed by atoms with E-state index in [9.17, 15) is 14.0 Å². The summed E-state index contributed by atoms with van der Waals surface area (Å²) in [6, 6.07) is 18.9. The van der Waals surface area contributed by atoms with Crippen LogP contribution in [0.4, 0.5) is 4.39 Å². The number of rotatable bonds is 9. The first-order valence-electron chi connectivity index (χ1n) is 12.4. The minimum Gasteiger partial charge on any atom is -0.497 e. The number of piperidine rings is 1. The zero-order chi connectivity index (χ0) is 26.5. The number of carbonyl (C=O) groups excluding carboxylic acids is 2. The molecule has 0 unspecified atom stereocenters. The molecule has 1 heterocycles. The lowest BCUT2D eigenvalue weighted by molar-refractivity contribution is 0.0578. The normalized spacial score (nSPS) is 18.4. The Labute approximate surface area is 217 Å². The number of likely N-dealkylation sites (tertiary alicyclic amines) is 1. The quantitative estimate of drug-likeness (QED) is 0.432. The number of hydrogen-bond acceptors (Lipinski definition) is 6. The zero-order valence-electron chi connectivity index (χ0n) is 21.4. The van der Waals surface area contributed by atoms with E-state index in [1.807, 2.05) is 6.07 Å². The van der Waals surface area contributed by atoms with E-state index in [0.29, 0.717) is 59.9 Å². The molecular weight excluding hydrogens is 471 g/mol. The van der Waals surface area contributed by atoms with E-state index in [1.54, 1.807) is 75.7 Å². The van der Waals surface area contributed by atoms with Crippen LogP contribution in [0, 0.1) is 24.6 Å². The molecule has 0 saturated carbocycles. The highest BCUT2D eigenvalue weighted by Crippen LogP contribution is 2.42. The fraction of sp³-hybridized carbons (Fsp3) is 0.333. The number of ether oxygens (including phenoxy) is 2. The molecule has 0 spiro atoms. The molecule has 3 aromatic rings. The molecule has 1 fully saturated rings. The van der Waals surface area contributed by atoms with E-state index in [0.717, 1.165) is 0 Å². The van der Waals surface area contributed by atoms with Gasteiger partial charge in [0.1, 0.15) is 17.3 Å². The van der Waals surface area contributed by atoms with E-state index in [2.05, 4.69) is 4.90 Å². The Kier molecular flexibility index (Phi) is 8.36. The third-order valence-electron chi connectivity index (χ3n) is 7.27. The van der Waals surface area contributed by atoms with Gasteiger partial charge in [-0.3, -0.25) is 9.59 Å². The van der Waals surface area contributed by atoms with Gasteiger partial charge in [0.15, 0.2) is 11.6 Å². The van der Waals surface area contributed by atoms with Crippen molar-refractivity contribution in [1.29, 1.82) is 0 Å². The van der Waals surface area contributed by atoms with Gasteiger partial charge in [-0.15, -0.1) is 0 Å². The molecule has 1 aliphatic rings. The summed E-state index contributed by atoms with van der Waals surface area (Å²) < 4.78 is 25.5. The van der Waals surface area contributed by atoms with Gasteiger partial charge in [0.2, 0.25) is 0 Å². The number of halogens is 1. The molecule has 7 heteroatoms. The van der Waals surface area contributed by atoms with Gasteiger partial charge in [0.05, 0.1) is 14.2 Å². The van der Waals surface area contributed by atoms with Crippen LogP contribution in [0.15, 0.2) is 66.7 Å². The number of carbonyl (C=O) groups is 2. The summed E-state index contributed by atoms with van der Waals surface area (Å²) in [5.74, 6) is -1.15. The predicted octanol–water partition coefficient (Wildman–Crippen LogP) is 4.51. The van der Waals surface area contributed by atoms with Crippen molar-refractivity contribution in [3.05, 3.63) is 94.8 Å². The number of methoxy groups -OCH3 is 2. The lowest BCUT2D eigenvalue weighted by Crippen LogP contribution is -2.51. The third kappa shape index (κ3) is 5.58. The molecule has 1 aliphatic heterocycles. The van der Waals surface area contributed by atoms with Crippen molar-refractivity contribution in [1.82, 2.24) is 4.90 Å². The maximum absolute atomic E-state index is 14.8. The van der Waals surface area contributed by atoms with E-state index in [1.165, 1.54) is 6.07 Å². The van der Waals surface area contributed by atoms with Crippen molar-refractivity contribution >= 4 is 11.6 Å². The average Bonchev–Trinajstić information content (AvgIpc) is 2.93. The van der Waals surface area contributed by atoms with Gasteiger partial charge >= 0.3 is 0 Å². The van der Waals surface area contributed by atoms with Crippen molar-refractivity contribution in [2.24, 2.45) is 17.6 Å². The average molecular weight is 505 g/mol. The van der Waals surface area contributed by atoms with Gasteiger partial charge in [-0.2, -0.15) is 0 Å². The van der Waals surface area contributed by atoms with Crippen LogP contribution >= 0.6 is 0 Å². The lowest BCUT2D eigenvalue weighted by atomic mass is 9.68. The Balaban J connectivity index is 1.86. The van der Waals surface area contributed by atoms with E-state index < -0.39 is 17.8 Å². The Morgan fingerprint density at radius 2 is 1.41 bits per heavy atom. The fourth-order valence-electron chi connectivity index (χ4n) is 5.40. The molecular formula is C30H33FN2O4. The Morgan fingerprint density at radius 3 is 1.89 bits per heavy atom. The van der Waals surface area contributed by atoms with Crippen LogP contribution in [-0.4, -0.2) is 56.9 Å². The highest BCUT2D eigenvalue weighted by atomic mass is 19.1. The standard InChI is InChI=1S/C30H33FN2O4/c1-19-24(11-6-12-27(19)31)28-25(29(34)20-7-4-9-22(15-20)36-2)17-33(14-13-32)18-26(28)30(35)21-8-5-10-23(16-21)37-3/h4-12,15-16,25-26,28H,13-14,17-18,32H2,1-3H3/t25-,26-/m0/s1. The molecule has 6 nitrogen and oxygen atoms in total. The van der Waals surface area contributed by atoms with E-state index in [-0.39, 0.29) is 17.4 Å². The molecule has 2 atom stereocenters. The van der Waals surface area contributed by atoms with Gasteiger partial charge in [0, 0.05) is 55.1 Å². The second-order valence-electron chi connectivity index (χ2n) is 9.43. The van der Waals surface area contributed by atoms with Crippen LogP contribution in [0.3, 0.4) is 0 Å². The molecule has 0 bridgehead atoms. The Hall–Kier alpha value is -3.55. The number of ketones is 2. The van der Waals surface area contributed by atoms with Gasteiger partial charge in [0.25, 0.3) is 0 Å². The Morgan fingerprint density at radius 1 is 0.892 bits per heavy atom. The van der Waals surface area contributed by atoms with Gasteiger partial charge in [-0.05, 0) is 48.4 Å². The number of hydrogen-bond donors (Lipinski definition) is 1. The van der Waals surface area contributed by atoms with Crippen molar-refractivity contribution < 1.29 is 23.5 Å². The first-order valence-corrected chi connectivity index (χ1v) is 12.4. The monoisotopic (exact) mass is 504 g/mol. The molecule has 1 saturated heterocycles. The summed E-state index contributed by atoms with van der Waals surface area (Å²) in [7, 11) is 3.10. The van der Waals surface area contributed by atoms with Gasteiger partial charge in [-0.25, -0.2) is 4.39 Å². The lowest BCUT2D eigenvalue weighted by Gasteiger charge is -2.43.